The Morgan fingerprint density at radius 3 is 3.10 bits per heavy atom. The fourth-order valence-electron chi connectivity index (χ4n) is 2.62. The second kappa shape index (κ2) is 5.45. The summed E-state index contributed by atoms with van der Waals surface area (Å²) in [5.41, 5.74) is 0.809. The monoisotopic (exact) mass is 270 g/mol. The summed E-state index contributed by atoms with van der Waals surface area (Å²) in [7, 11) is 1.84. The minimum atomic E-state index is 0.115. The average Bonchev–Trinajstić information content (AvgIpc) is 2.91. The molecule has 1 aliphatic rings. The molecule has 2 aromatic heterocycles. The van der Waals surface area contributed by atoms with Crippen molar-refractivity contribution in [2.75, 3.05) is 7.05 Å². The maximum Gasteiger partial charge on any atom is 0.226 e. The normalized spacial score (nSPS) is 18.4. The van der Waals surface area contributed by atoms with Crippen LogP contribution in [-0.2, 0) is 11.3 Å². The molecule has 3 rings (SSSR count). The van der Waals surface area contributed by atoms with Crippen LogP contribution in [0.5, 0.6) is 0 Å². The van der Waals surface area contributed by atoms with Crippen LogP contribution in [0.2, 0.25) is 0 Å². The number of nitrogens with zero attached hydrogens (tertiary/aromatic N) is 4. The lowest BCUT2D eigenvalue weighted by Gasteiger charge is -2.23. The predicted molar refractivity (Wildman–Crippen MR) is 75.9 cm³/mol. The van der Waals surface area contributed by atoms with Crippen molar-refractivity contribution in [3.05, 3.63) is 42.4 Å². The Balaban J connectivity index is 1.73. The Morgan fingerprint density at radius 1 is 1.40 bits per heavy atom. The summed E-state index contributed by atoms with van der Waals surface area (Å²) in [4.78, 5) is 14.2. The third-order valence-corrected chi connectivity index (χ3v) is 3.76. The van der Waals surface area contributed by atoms with E-state index in [1.54, 1.807) is 4.90 Å². The summed E-state index contributed by atoms with van der Waals surface area (Å²) in [5, 5.41) is 8.28. The van der Waals surface area contributed by atoms with Crippen LogP contribution < -0.4 is 0 Å². The van der Waals surface area contributed by atoms with Crippen molar-refractivity contribution in [1.29, 1.82) is 0 Å². The van der Waals surface area contributed by atoms with Crippen molar-refractivity contribution in [3.8, 4) is 0 Å². The van der Waals surface area contributed by atoms with Crippen LogP contribution in [-0.4, -0.2) is 32.5 Å². The second-order valence-corrected chi connectivity index (χ2v) is 5.22. The molecule has 0 spiro atoms. The standard InChI is InChI=1S/C15H18N4O/c1-18(15(20)12-7-3-2-4-8-12)11-14-17-16-13-9-5-6-10-19(13)14/h2-3,5-6,9-10,12H,4,7-8,11H2,1H3/t12-/m1/s1. The van der Waals surface area contributed by atoms with Crippen molar-refractivity contribution >= 4 is 11.6 Å². The molecule has 0 saturated carbocycles. The topological polar surface area (TPSA) is 50.5 Å². The van der Waals surface area contributed by atoms with Crippen molar-refractivity contribution in [1.82, 2.24) is 19.5 Å². The van der Waals surface area contributed by atoms with Gasteiger partial charge in [-0.3, -0.25) is 9.20 Å². The molecule has 5 nitrogen and oxygen atoms in total. The Hall–Kier alpha value is -2.17. The number of hydrogen-bond donors (Lipinski definition) is 0. The first-order valence-electron chi connectivity index (χ1n) is 6.94. The number of hydrogen-bond acceptors (Lipinski definition) is 3. The molecule has 104 valence electrons. The maximum atomic E-state index is 12.4. The van der Waals surface area contributed by atoms with Crippen LogP contribution in [0.3, 0.4) is 0 Å². The van der Waals surface area contributed by atoms with Crippen molar-refractivity contribution in [2.45, 2.75) is 25.8 Å². The van der Waals surface area contributed by atoms with Gasteiger partial charge in [0.25, 0.3) is 0 Å². The van der Waals surface area contributed by atoms with E-state index in [4.69, 9.17) is 0 Å². The predicted octanol–water partition coefficient (Wildman–Crippen LogP) is 2.04. The minimum absolute atomic E-state index is 0.115. The van der Waals surface area contributed by atoms with Gasteiger partial charge in [0.1, 0.15) is 0 Å². The number of pyridine rings is 1. The van der Waals surface area contributed by atoms with E-state index in [0.717, 1.165) is 30.7 Å². The molecule has 0 saturated heterocycles. The quantitative estimate of drug-likeness (QED) is 0.802. The Bertz CT molecular complexity index is 646. The van der Waals surface area contributed by atoms with E-state index in [0.29, 0.717) is 6.54 Å². The molecule has 20 heavy (non-hydrogen) atoms. The lowest BCUT2D eigenvalue weighted by molar-refractivity contribution is -0.135. The summed E-state index contributed by atoms with van der Waals surface area (Å²) in [6.45, 7) is 0.490. The Kier molecular flexibility index (Phi) is 3.50. The highest BCUT2D eigenvalue weighted by Gasteiger charge is 2.23. The molecule has 0 fully saturated rings. The molecule has 0 unspecified atom stereocenters. The van der Waals surface area contributed by atoms with Crippen molar-refractivity contribution in [3.63, 3.8) is 0 Å². The van der Waals surface area contributed by atoms with E-state index in [9.17, 15) is 4.79 Å². The number of rotatable bonds is 3. The van der Waals surface area contributed by atoms with Crippen molar-refractivity contribution < 1.29 is 4.79 Å². The zero-order valence-electron chi connectivity index (χ0n) is 11.6. The average molecular weight is 270 g/mol. The van der Waals surface area contributed by atoms with Crippen LogP contribution in [0.4, 0.5) is 0 Å². The van der Waals surface area contributed by atoms with Crippen molar-refractivity contribution in [2.24, 2.45) is 5.92 Å². The van der Waals surface area contributed by atoms with E-state index >= 15 is 0 Å². The molecule has 1 amide bonds. The Labute approximate surface area is 117 Å². The van der Waals surface area contributed by atoms with Gasteiger partial charge in [-0.1, -0.05) is 18.2 Å². The van der Waals surface area contributed by atoms with E-state index in [1.165, 1.54) is 0 Å². The highest BCUT2D eigenvalue weighted by molar-refractivity contribution is 5.78. The van der Waals surface area contributed by atoms with Crippen LogP contribution in [0, 0.1) is 5.92 Å². The molecule has 1 aliphatic carbocycles. The van der Waals surface area contributed by atoms with E-state index in [1.807, 2.05) is 35.8 Å². The van der Waals surface area contributed by atoms with Gasteiger partial charge in [-0.05, 0) is 31.4 Å². The van der Waals surface area contributed by atoms with Gasteiger partial charge in [0.15, 0.2) is 11.5 Å². The van der Waals surface area contributed by atoms with Gasteiger partial charge in [0.2, 0.25) is 5.91 Å². The molecule has 5 heteroatoms. The van der Waals surface area contributed by atoms with Gasteiger partial charge in [-0.25, -0.2) is 0 Å². The third kappa shape index (κ3) is 2.43. The van der Waals surface area contributed by atoms with Gasteiger partial charge in [0.05, 0.1) is 6.54 Å². The zero-order valence-corrected chi connectivity index (χ0v) is 11.6. The highest BCUT2D eigenvalue weighted by Crippen LogP contribution is 2.20. The first kappa shape index (κ1) is 12.8. The first-order chi connectivity index (χ1) is 9.75. The number of fused-ring (bicyclic) bond motifs is 1. The SMILES string of the molecule is CN(Cc1nnc2ccccn12)C(=O)[C@@H]1CC=CCC1. The molecule has 0 aliphatic heterocycles. The summed E-state index contributed by atoms with van der Waals surface area (Å²) in [6.07, 6.45) is 8.97. The minimum Gasteiger partial charge on any atom is -0.338 e. The van der Waals surface area contributed by atoms with Gasteiger partial charge in [0, 0.05) is 19.2 Å². The third-order valence-electron chi connectivity index (χ3n) is 3.76. The number of allylic oxidation sites excluding steroid dienone is 2. The van der Waals surface area contributed by atoms with Crippen LogP contribution in [0.25, 0.3) is 5.65 Å². The van der Waals surface area contributed by atoms with Crippen LogP contribution in [0.1, 0.15) is 25.1 Å². The highest BCUT2D eigenvalue weighted by atomic mass is 16.2. The molecule has 1 atom stereocenters. The number of amides is 1. The molecule has 0 radical (unpaired) electrons. The molecule has 2 aromatic rings. The van der Waals surface area contributed by atoms with Gasteiger partial charge < -0.3 is 4.90 Å². The number of carbonyl (C=O) groups excluding carboxylic acids is 1. The van der Waals surface area contributed by atoms with Crippen LogP contribution >= 0.6 is 0 Å². The molecule has 0 bridgehead atoms. The summed E-state index contributed by atoms with van der Waals surface area (Å²) < 4.78 is 1.92. The molecular weight excluding hydrogens is 252 g/mol. The molecule has 0 N–H and O–H groups in total. The van der Waals surface area contributed by atoms with E-state index in [-0.39, 0.29) is 11.8 Å². The molecule has 2 heterocycles. The summed E-state index contributed by atoms with van der Waals surface area (Å²) >= 11 is 0. The van der Waals surface area contributed by atoms with Gasteiger partial charge in [-0.2, -0.15) is 0 Å². The smallest absolute Gasteiger partial charge is 0.226 e. The lowest BCUT2D eigenvalue weighted by Crippen LogP contribution is -2.33. The van der Waals surface area contributed by atoms with Crippen LogP contribution in [0.15, 0.2) is 36.5 Å². The molecule has 0 aromatic carbocycles. The van der Waals surface area contributed by atoms with E-state index < -0.39 is 0 Å². The second-order valence-electron chi connectivity index (χ2n) is 5.22. The van der Waals surface area contributed by atoms with Gasteiger partial charge in [-0.15, -0.1) is 10.2 Å². The number of carbonyl (C=O) groups is 1. The fraction of sp³-hybridized carbons (Fsp3) is 0.400. The van der Waals surface area contributed by atoms with E-state index in [2.05, 4.69) is 22.3 Å². The first-order valence-corrected chi connectivity index (χ1v) is 6.94. The maximum absolute atomic E-state index is 12.4. The summed E-state index contributed by atoms with van der Waals surface area (Å²) in [6, 6.07) is 5.77. The van der Waals surface area contributed by atoms with Gasteiger partial charge >= 0.3 is 0 Å². The zero-order chi connectivity index (χ0) is 13.9. The Morgan fingerprint density at radius 2 is 2.30 bits per heavy atom. The largest absolute Gasteiger partial charge is 0.338 e. The number of aromatic nitrogens is 3. The molecular formula is C15H18N4O. The fourth-order valence-corrected chi connectivity index (χ4v) is 2.62. The lowest BCUT2D eigenvalue weighted by atomic mass is 9.93. The summed E-state index contributed by atoms with van der Waals surface area (Å²) in [5.74, 6) is 1.11.